The summed E-state index contributed by atoms with van der Waals surface area (Å²) in [5, 5.41) is 13.6. The average Bonchev–Trinajstić information content (AvgIpc) is 3.47. The smallest absolute Gasteiger partial charge is 0.228 e. The van der Waals surface area contributed by atoms with Gasteiger partial charge in [-0.05, 0) is 63.3 Å². The van der Waals surface area contributed by atoms with Crippen molar-refractivity contribution in [3.8, 4) is 6.07 Å². The Labute approximate surface area is 189 Å². The van der Waals surface area contributed by atoms with Crippen molar-refractivity contribution in [1.82, 2.24) is 19.8 Å². The van der Waals surface area contributed by atoms with Gasteiger partial charge in [-0.3, -0.25) is 14.6 Å². The highest BCUT2D eigenvalue weighted by molar-refractivity contribution is 5.97. The molecule has 7 heteroatoms. The largest absolute Gasteiger partial charge is 0.346 e. The van der Waals surface area contributed by atoms with Gasteiger partial charge >= 0.3 is 0 Å². The first-order valence-electron chi connectivity index (χ1n) is 11.6. The summed E-state index contributed by atoms with van der Waals surface area (Å²) in [5.74, 6) is 0.842. The molecule has 2 fully saturated rings. The quantitative estimate of drug-likeness (QED) is 0.751. The van der Waals surface area contributed by atoms with Gasteiger partial charge in [-0.2, -0.15) is 5.26 Å². The fourth-order valence-electron chi connectivity index (χ4n) is 5.00. The van der Waals surface area contributed by atoms with Gasteiger partial charge in [-0.15, -0.1) is 0 Å². The molecule has 2 aromatic rings. The maximum absolute atomic E-state index is 12.3. The third-order valence-corrected chi connectivity index (χ3v) is 7.28. The molecule has 2 N–H and O–H groups in total. The van der Waals surface area contributed by atoms with Crippen molar-refractivity contribution in [1.29, 1.82) is 5.26 Å². The Morgan fingerprint density at radius 1 is 1.38 bits per heavy atom. The molecule has 1 aliphatic carbocycles. The number of nitrogens with one attached hydrogen (secondary N) is 2. The van der Waals surface area contributed by atoms with Crippen molar-refractivity contribution in [3.63, 3.8) is 0 Å². The predicted octanol–water partition coefficient (Wildman–Crippen LogP) is 3.77. The van der Waals surface area contributed by atoms with E-state index in [1.807, 2.05) is 12.3 Å². The molecule has 1 amide bonds. The lowest BCUT2D eigenvalue weighted by molar-refractivity contribution is -0.117. The van der Waals surface area contributed by atoms with Gasteiger partial charge < -0.3 is 10.3 Å². The van der Waals surface area contributed by atoms with Gasteiger partial charge in [-0.25, -0.2) is 4.98 Å². The van der Waals surface area contributed by atoms with Crippen molar-refractivity contribution in [3.05, 3.63) is 30.0 Å². The number of aromatic nitrogens is 2. The molecular weight excluding hydrogens is 400 g/mol. The van der Waals surface area contributed by atoms with Crippen LogP contribution in [-0.2, 0) is 4.79 Å². The van der Waals surface area contributed by atoms with E-state index in [0.717, 1.165) is 62.0 Å². The summed E-state index contributed by atoms with van der Waals surface area (Å²) >= 11 is 0. The molecule has 0 spiro atoms. The number of likely N-dealkylation sites (tertiary alicyclic amines) is 1. The first kappa shape index (κ1) is 21.2. The van der Waals surface area contributed by atoms with Gasteiger partial charge in [0, 0.05) is 49.2 Å². The van der Waals surface area contributed by atoms with E-state index < -0.39 is 0 Å². The highest BCUT2D eigenvalue weighted by atomic mass is 16.2. The lowest BCUT2D eigenvalue weighted by Gasteiger charge is -2.59. The summed E-state index contributed by atoms with van der Waals surface area (Å²) in [6, 6.07) is 6.52. The molecule has 168 valence electrons. The minimum absolute atomic E-state index is 0.0465. The van der Waals surface area contributed by atoms with Gasteiger partial charge in [0.25, 0.3) is 0 Å². The number of nitriles is 1. The monoisotopic (exact) mass is 432 g/mol. The number of fused-ring (bicyclic) bond motifs is 1. The van der Waals surface area contributed by atoms with E-state index in [9.17, 15) is 10.1 Å². The molecule has 1 saturated heterocycles. The lowest BCUT2D eigenvalue weighted by atomic mass is 9.80. The first-order valence-corrected chi connectivity index (χ1v) is 11.6. The second kappa shape index (κ2) is 7.72. The molecule has 0 unspecified atom stereocenters. The maximum atomic E-state index is 12.3. The summed E-state index contributed by atoms with van der Waals surface area (Å²) in [5.41, 5.74) is 3.32. The number of anilines is 1. The van der Waals surface area contributed by atoms with Crippen LogP contribution in [0.4, 0.5) is 5.82 Å². The standard InChI is InChI=1S/C25H32N6O/c1-24(2,3)31-15-25(16-31,9-10-26)30-12-7-17(8-13-30)20-14-21(29-23(32)18-4-5-18)28-22-19(20)6-11-27-22/h6-7,11,14,18H,4-5,8-9,12-13,15-16H2,1-3H3,(H2,27,28,29,32). The molecule has 4 heterocycles. The Morgan fingerprint density at radius 2 is 2.16 bits per heavy atom. The molecule has 3 aliphatic rings. The fourth-order valence-corrected chi connectivity index (χ4v) is 5.00. The van der Waals surface area contributed by atoms with Gasteiger partial charge in [0.2, 0.25) is 5.91 Å². The zero-order chi connectivity index (χ0) is 22.5. The SMILES string of the molecule is CC(C)(C)N1CC(CC#N)(N2CC=C(c3cc(NC(=O)C4CC4)nc4[nH]ccc34)CC2)C1. The minimum Gasteiger partial charge on any atom is -0.346 e. The van der Waals surface area contributed by atoms with Crippen LogP contribution in [0, 0.1) is 17.2 Å². The van der Waals surface area contributed by atoms with Crippen molar-refractivity contribution in [2.75, 3.05) is 31.5 Å². The van der Waals surface area contributed by atoms with E-state index in [-0.39, 0.29) is 22.9 Å². The molecule has 2 aliphatic heterocycles. The number of H-pyrrole nitrogens is 1. The van der Waals surface area contributed by atoms with Gasteiger partial charge in [0.15, 0.2) is 0 Å². The number of hydrogen-bond donors (Lipinski definition) is 2. The zero-order valence-electron chi connectivity index (χ0n) is 19.2. The Kier molecular flexibility index (Phi) is 5.11. The Morgan fingerprint density at radius 3 is 2.78 bits per heavy atom. The first-order chi connectivity index (χ1) is 15.3. The molecule has 2 aromatic heterocycles. The molecule has 0 aromatic carbocycles. The molecule has 5 rings (SSSR count). The highest BCUT2D eigenvalue weighted by Gasteiger charge is 2.50. The summed E-state index contributed by atoms with van der Waals surface area (Å²) < 4.78 is 0. The molecule has 32 heavy (non-hydrogen) atoms. The van der Waals surface area contributed by atoms with Crippen LogP contribution in [0.15, 0.2) is 24.4 Å². The highest BCUT2D eigenvalue weighted by Crippen LogP contribution is 2.39. The number of hydrogen-bond acceptors (Lipinski definition) is 5. The average molecular weight is 433 g/mol. The van der Waals surface area contributed by atoms with Gasteiger partial charge in [0.05, 0.1) is 18.0 Å². The van der Waals surface area contributed by atoms with Crippen LogP contribution in [0.3, 0.4) is 0 Å². The van der Waals surface area contributed by atoms with Crippen molar-refractivity contribution < 1.29 is 4.79 Å². The number of amides is 1. The van der Waals surface area contributed by atoms with E-state index in [1.165, 1.54) is 5.57 Å². The van der Waals surface area contributed by atoms with Crippen LogP contribution in [0.25, 0.3) is 16.6 Å². The van der Waals surface area contributed by atoms with Crippen LogP contribution < -0.4 is 5.32 Å². The van der Waals surface area contributed by atoms with Crippen molar-refractivity contribution >= 4 is 28.3 Å². The number of rotatable bonds is 5. The normalized spacial score (nSPS) is 21.6. The van der Waals surface area contributed by atoms with Crippen molar-refractivity contribution in [2.45, 2.75) is 57.5 Å². The van der Waals surface area contributed by atoms with Crippen molar-refractivity contribution in [2.24, 2.45) is 5.92 Å². The summed E-state index contributed by atoms with van der Waals surface area (Å²) in [7, 11) is 0. The van der Waals surface area contributed by atoms with Gasteiger partial charge in [0.1, 0.15) is 11.5 Å². The third-order valence-electron chi connectivity index (χ3n) is 7.28. The molecule has 0 atom stereocenters. The van der Waals surface area contributed by atoms with E-state index in [2.05, 4.69) is 64.1 Å². The summed E-state index contributed by atoms with van der Waals surface area (Å²) in [6.45, 7) is 10.4. The van der Waals surface area contributed by atoms with E-state index in [4.69, 9.17) is 0 Å². The van der Waals surface area contributed by atoms with Crippen LogP contribution in [-0.4, -0.2) is 62.9 Å². The summed E-state index contributed by atoms with van der Waals surface area (Å²) in [4.78, 5) is 25.0. The van der Waals surface area contributed by atoms with E-state index in [0.29, 0.717) is 12.2 Å². The predicted molar refractivity (Wildman–Crippen MR) is 126 cm³/mol. The Balaban J connectivity index is 1.37. The van der Waals surface area contributed by atoms with Crippen LogP contribution >= 0.6 is 0 Å². The zero-order valence-corrected chi connectivity index (χ0v) is 19.2. The second-order valence-electron chi connectivity index (χ2n) is 10.6. The van der Waals surface area contributed by atoms with Crippen LogP contribution in [0.5, 0.6) is 0 Å². The van der Waals surface area contributed by atoms with Crippen LogP contribution in [0.2, 0.25) is 0 Å². The molecular formula is C25H32N6O. The van der Waals surface area contributed by atoms with E-state index in [1.54, 1.807) is 0 Å². The Hall–Kier alpha value is -2.69. The van der Waals surface area contributed by atoms with Gasteiger partial charge in [-0.1, -0.05) is 6.08 Å². The number of nitrogens with zero attached hydrogens (tertiary/aromatic N) is 4. The Bertz CT molecular complexity index is 1110. The van der Waals surface area contributed by atoms with Crippen LogP contribution in [0.1, 0.15) is 52.0 Å². The number of aromatic amines is 1. The minimum atomic E-state index is -0.0465. The molecule has 0 radical (unpaired) electrons. The maximum Gasteiger partial charge on any atom is 0.228 e. The molecule has 7 nitrogen and oxygen atoms in total. The lowest BCUT2D eigenvalue weighted by Crippen LogP contribution is -2.73. The summed E-state index contributed by atoms with van der Waals surface area (Å²) in [6.07, 6.45) is 7.64. The molecule has 1 saturated carbocycles. The third kappa shape index (κ3) is 3.82. The number of carbonyl (C=O) groups is 1. The molecule has 0 bridgehead atoms. The fraction of sp³-hybridized carbons (Fsp3) is 0.560. The number of pyridine rings is 1. The van der Waals surface area contributed by atoms with E-state index >= 15 is 0 Å². The second-order valence-corrected chi connectivity index (χ2v) is 10.6. The number of carbonyl (C=O) groups excluding carboxylic acids is 1. The topological polar surface area (TPSA) is 88.1 Å².